The minimum absolute atomic E-state index is 0.299. The second-order valence-electron chi connectivity index (χ2n) is 6.19. The van der Waals surface area contributed by atoms with E-state index in [2.05, 4.69) is 15.4 Å². The first kappa shape index (κ1) is 17.5. The number of nitrogens with one attached hydrogen (secondary N) is 1. The molecule has 0 atom stereocenters. The van der Waals surface area contributed by atoms with Crippen LogP contribution >= 0.6 is 0 Å². The van der Waals surface area contributed by atoms with Crippen LogP contribution in [0, 0.1) is 6.92 Å². The molecule has 6 nitrogen and oxygen atoms in total. The van der Waals surface area contributed by atoms with E-state index in [-0.39, 0.29) is 5.91 Å². The van der Waals surface area contributed by atoms with Crippen molar-refractivity contribution in [2.24, 2.45) is 0 Å². The molecule has 0 saturated heterocycles. The highest BCUT2D eigenvalue weighted by Gasteiger charge is 2.16. The van der Waals surface area contributed by atoms with E-state index in [0.717, 1.165) is 22.9 Å². The molecule has 4 rings (SSSR count). The van der Waals surface area contributed by atoms with Gasteiger partial charge >= 0.3 is 0 Å². The Morgan fingerprint density at radius 1 is 0.893 bits per heavy atom. The first-order chi connectivity index (χ1) is 13.7. The predicted octanol–water partition coefficient (Wildman–Crippen LogP) is 4.06. The number of rotatable bonds is 5. The Bertz CT molecular complexity index is 1040. The number of carbonyl (C=O) groups is 1. The van der Waals surface area contributed by atoms with Crippen LogP contribution in [0.4, 0.5) is 11.4 Å². The zero-order valence-corrected chi connectivity index (χ0v) is 15.4. The van der Waals surface area contributed by atoms with E-state index >= 15 is 0 Å². The van der Waals surface area contributed by atoms with Crippen LogP contribution in [-0.2, 0) is 0 Å². The number of hydrogen-bond donors (Lipinski definition) is 1. The maximum atomic E-state index is 13.0. The van der Waals surface area contributed by atoms with Crippen molar-refractivity contribution in [1.82, 2.24) is 20.0 Å². The van der Waals surface area contributed by atoms with Crippen LogP contribution in [0.5, 0.6) is 0 Å². The van der Waals surface area contributed by atoms with E-state index in [9.17, 15) is 4.79 Å². The molecule has 0 aliphatic rings. The smallest absolute Gasteiger partial charge is 0.288 e. The number of hydrazine groups is 1. The van der Waals surface area contributed by atoms with Crippen LogP contribution in [0.3, 0.4) is 0 Å². The summed E-state index contributed by atoms with van der Waals surface area (Å²) in [4.78, 5) is 21.4. The molecule has 2 aromatic heterocycles. The van der Waals surface area contributed by atoms with E-state index in [1.165, 1.54) is 0 Å². The second-order valence-corrected chi connectivity index (χ2v) is 6.19. The third-order valence-corrected chi connectivity index (χ3v) is 4.32. The van der Waals surface area contributed by atoms with Crippen LogP contribution < -0.4 is 10.4 Å². The zero-order chi connectivity index (χ0) is 19.3. The number of hydrogen-bond acceptors (Lipinski definition) is 4. The zero-order valence-electron chi connectivity index (χ0n) is 15.4. The van der Waals surface area contributed by atoms with E-state index in [1.54, 1.807) is 23.5 Å². The van der Waals surface area contributed by atoms with Crippen molar-refractivity contribution in [1.29, 1.82) is 0 Å². The Hall–Kier alpha value is -3.93. The van der Waals surface area contributed by atoms with Crippen molar-refractivity contribution < 1.29 is 4.79 Å². The molecule has 0 bridgehead atoms. The van der Waals surface area contributed by atoms with Gasteiger partial charge in [0.2, 0.25) is 0 Å². The molecule has 1 N–H and O–H groups in total. The van der Waals surface area contributed by atoms with Crippen LogP contribution in [-0.4, -0.2) is 20.4 Å². The van der Waals surface area contributed by atoms with Gasteiger partial charge in [-0.25, -0.2) is 4.98 Å². The van der Waals surface area contributed by atoms with E-state index in [1.807, 2.05) is 84.4 Å². The number of pyridine rings is 1. The van der Waals surface area contributed by atoms with Gasteiger partial charge in [-0.3, -0.25) is 20.2 Å². The molecule has 0 spiro atoms. The van der Waals surface area contributed by atoms with E-state index < -0.39 is 0 Å². The van der Waals surface area contributed by atoms with Gasteiger partial charge < -0.3 is 4.57 Å². The minimum Gasteiger partial charge on any atom is -0.304 e. The van der Waals surface area contributed by atoms with Crippen LogP contribution in [0.2, 0.25) is 0 Å². The van der Waals surface area contributed by atoms with Crippen molar-refractivity contribution in [2.45, 2.75) is 6.92 Å². The van der Waals surface area contributed by atoms with Crippen LogP contribution in [0.25, 0.3) is 5.69 Å². The molecule has 0 fully saturated rings. The van der Waals surface area contributed by atoms with E-state index in [0.29, 0.717) is 5.69 Å². The molecule has 0 radical (unpaired) electrons. The van der Waals surface area contributed by atoms with Gasteiger partial charge in [0.25, 0.3) is 5.91 Å². The lowest BCUT2D eigenvalue weighted by Gasteiger charge is -2.25. The molecule has 6 heteroatoms. The van der Waals surface area contributed by atoms with Crippen molar-refractivity contribution in [2.75, 3.05) is 5.01 Å². The molecule has 0 unspecified atom stereocenters. The molecule has 1 amide bonds. The van der Waals surface area contributed by atoms with Crippen molar-refractivity contribution >= 4 is 17.3 Å². The average Bonchev–Trinajstić information content (AvgIpc) is 3.19. The lowest BCUT2D eigenvalue weighted by molar-refractivity contribution is 0.0948. The first-order valence-corrected chi connectivity index (χ1v) is 8.90. The third kappa shape index (κ3) is 3.61. The number of nitrogens with zero attached hydrogens (tertiary/aromatic N) is 4. The average molecular weight is 369 g/mol. The standard InChI is InChI=1S/C22H19N5O/c1-17-23-14-15-26(17)20-12-13-24-21(16-20)22(28)25-27(18-8-4-2-5-9-18)19-10-6-3-7-11-19/h2-16H,1H3,(H,25,28). The van der Waals surface area contributed by atoms with Crippen molar-refractivity contribution in [3.63, 3.8) is 0 Å². The highest BCUT2D eigenvalue weighted by atomic mass is 16.2. The summed E-state index contributed by atoms with van der Waals surface area (Å²) in [7, 11) is 0. The number of benzene rings is 2. The van der Waals surface area contributed by atoms with Gasteiger partial charge in [0.05, 0.1) is 17.1 Å². The van der Waals surface area contributed by atoms with Gasteiger partial charge in [-0.15, -0.1) is 0 Å². The number of anilines is 2. The number of imidazole rings is 1. The molecular formula is C22H19N5O. The van der Waals surface area contributed by atoms with Gasteiger partial charge in [0, 0.05) is 18.6 Å². The van der Waals surface area contributed by atoms with E-state index in [4.69, 9.17) is 0 Å². The lowest BCUT2D eigenvalue weighted by Crippen LogP contribution is -2.39. The van der Waals surface area contributed by atoms with Gasteiger partial charge in [-0.05, 0) is 43.3 Å². The quantitative estimate of drug-likeness (QED) is 0.539. The molecular weight excluding hydrogens is 350 g/mol. The first-order valence-electron chi connectivity index (χ1n) is 8.90. The predicted molar refractivity (Wildman–Crippen MR) is 109 cm³/mol. The Morgan fingerprint density at radius 2 is 1.54 bits per heavy atom. The summed E-state index contributed by atoms with van der Waals surface area (Å²) in [5.41, 5.74) is 5.82. The molecule has 4 aromatic rings. The van der Waals surface area contributed by atoms with Gasteiger partial charge in [-0.1, -0.05) is 36.4 Å². The topological polar surface area (TPSA) is 63.1 Å². The second kappa shape index (κ2) is 7.75. The Labute approximate surface area is 163 Å². The monoisotopic (exact) mass is 369 g/mol. The Morgan fingerprint density at radius 3 is 2.11 bits per heavy atom. The van der Waals surface area contributed by atoms with Gasteiger partial charge in [0.1, 0.15) is 11.5 Å². The summed E-state index contributed by atoms with van der Waals surface area (Å²) in [6.07, 6.45) is 5.20. The number of carbonyl (C=O) groups excluding carboxylic acids is 1. The molecule has 0 aliphatic carbocycles. The van der Waals surface area contributed by atoms with Gasteiger partial charge in [-0.2, -0.15) is 0 Å². The maximum Gasteiger partial charge on any atom is 0.288 e. The molecule has 2 aromatic carbocycles. The number of para-hydroxylation sites is 2. The molecule has 28 heavy (non-hydrogen) atoms. The molecule has 2 heterocycles. The fourth-order valence-corrected chi connectivity index (χ4v) is 2.94. The molecule has 138 valence electrons. The molecule has 0 saturated carbocycles. The number of amides is 1. The maximum absolute atomic E-state index is 13.0. The number of aromatic nitrogens is 3. The summed E-state index contributed by atoms with van der Waals surface area (Å²) in [6, 6.07) is 22.9. The summed E-state index contributed by atoms with van der Waals surface area (Å²) >= 11 is 0. The van der Waals surface area contributed by atoms with Crippen LogP contribution in [0.1, 0.15) is 16.3 Å². The van der Waals surface area contributed by atoms with Crippen molar-refractivity contribution in [3.05, 3.63) is 103 Å². The number of aryl methyl sites for hydroxylation is 1. The Balaban J connectivity index is 1.65. The minimum atomic E-state index is -0.299. The lowest BCUT2D eigenvalue weighted by atomic mass is 10.2. The summed E-state index contributed by atoms with van der Waals surface area (Å²) in [5.74, 6) is 0.542. The highest BCUT2D eigenvalue weighted by molar-refractivity contribution is 5.94. The molecule has 0 aliphatic heterocycles. The third-order valence-electron chi connectivity index (χ3n) is 4.32. The largest absolute Gasteiger partial charge is 0.304 e. The van der Waals surface area contributed by atoms with Crippen molar-refractivity contribution in [3.8, 4) is 5.69 Å². The fourth-order valence-electron chi connectivity index (χ4n) is 2.94. The SMILES string of the molecule is Cc1nccn1-c1ccnc(C(=O)NN(c2ccccc2)c2ccccc2)c1. The van der Waals surface area contributed by atoms with Crippen LogP contribution in [0.15, 0.2) is 91.4 Å². The van der Waals surface area contributed by atoms with Gasteiger partial charge in [0.15, 0.2) is 0 Å². The summed E-state index contributed by atoms with van der Waals surface area (Å²) < 4.78 is 1.91. The normalized spacial score (nSPS) is 10.5. The Kier molecular flexibility index (Phi) is 4.84. The summed E-state index contributed by atoms with van der Waals surface area (Å²) in [6.45, 7) is 1.91. The highest BCUT2D eigenvalue weighted by Crippen LogP contribution is 2.23. The fraction of sp³-hybridized carbons (Fsp3) is 0.0455. The summed E-state index contributed by atoms with van der Waals surface area (Å²) in [5, 5.41) is 1.75.